The van der Waals surface area contributed by atoms with Crippen LogP contribution in [-0.4, -0.2) is 45.9 Å². The van der Waals surface area contributed by atoms with E-state index in [-0.39, 0.29) is 24.9 Å². The van der Waals surface area contributed by atoms with Crippen LogP contribution in [0.3, 0.4) is 0 Å². The Morgan fingerprint density at radius 3 is 2.30 bits per heavy atom. The Hall–Kier alpha value is -5.25. The molecule has 226 valence electrons. The summed E-state index contributed by atoms with van der Waals surface area (Å²) < 4.78 is 26.2. The highest BCUT2D eigenvalue weighted by atomic mass is 19.1. The number of carbonyl (C=O) groups is 2. The van der Waals surface area contributed by atoms with Gasteiger partial charge >= 0.3 is 0 Å². The lowest BCUT2D eigenvalue weighted by Crippen LogP contribution is -2.42. The van der Waals surface area contributed by atoms with Crippen LogP contribution in [0, 0.1) is 5.82 Å². The second-order valence-electron chi connectivity index (χ2n) is 10.7. The van der Waals surface area contributed by atoms with Crippen molar-refractivity contribution in [3.05, 3.63) is 114 Å². The van der Waals surface area contributed by atoms with Gasteiger partial charge in [-0.15, -0.1) is 5.10 Å². The number of benzene rings is 4. The van der Waals surface area contributed by atoms with Gasteiger partial charge in [0.15, 0.2) is 0 Å². The van der Waals surface area contributed by atoms with E-state index in [1.807, 2.05) is 48.5 Å². The molecule has 0 spiro atoms. The number of anilines is 1. The van der Waals surface area contributed by atoms with E-state index in [1.165, 1.54) is 28.8 Å². The Bertz CT molecular complexity index is 1750. The second-order valence-corrected chi connectivity index (χ2v) is 10.7. The highest BCUT2D eigenvalue weighted by Gasteiger charge is 2.33. The number of para-hydroxylation sites is 1. The zero-order chi connectivity index (χ0) is 31.2. The number of methoxy groups -OCH3 is 2. The van der Waals surface area contributed by atoms with Gasteiger partial charge in [-0.2, -0.15) is 0 Å². The molecule has 0 radical (unpaired) electrons. The van der Waals surface area contributed by atoms with Gasteiger partial charge in [-0.25, -0.2) is 9.07 Å². The normalized spacial score (nSPS) is 11.8. The van der Waals surface area contributed by atoms with E-state index in [2.05, 4.69) is 29.5 Å². The predicted octanol–water partition coefficient (Wildman–Crippen LogP) is 6.12. The lowest BCUT2D eigenvalue weighted by molar-refractivity contribution is -0.140. The first-order chi connectivity index (χ1) is 21.3. The first-order valence-corrected chi connectivity index (χ1v) is 14.2. The van der Waals surface area contributed by atoms with Crippen LogP contribution in [0.25, 0.3) is 11.0 Å². The summed E-state index contributed by atoms with van der Waals surface area (Å²) in [5, 5.41) is 11.3. The van der Waals surface area contributed by atoms with Crippen LogP contribution in [0.4, 0.5) is 10.1 Å². The molecular formula is C34H34FN5O4. The molecule has 0 aliphatic rings. The molecule has 0 saturated carbocycles. The van der Waals surface area contributed by atoms with Crippen molar-refractivity contribution in [2.45, 2.75) is 38.9 Å². The van der Waals surface area contributed by atoms with Gasteiger partial charge in [0, 0.05) is 12.6 Å². The summed E-state index contributed by atoms with van der Waals surface area (Å²) in [6.45, 7) is 4.04. The molecule has 0 fully saturated rings. The van der Waals surface area contributed by atoms with Gasteiger partial charge in [-0.1, -0.05) is 67.6 Å². The van der Waals surface area contributed by atoms with Crippen LogP contribution in [0.15, 0.2) is 91.0 Å². The summed E-state index contributed by atoms with van der Waals surface area (Å²) in [5.74, 6) is 0.0127. The maximum absolute atomic E-state index is 14.3. The van der Waals surface area contributed by atoms with Crippen LogP contribution < -0.4 is 14.8 Å². The number of nitrogens with one attached hydrogen (secondary N) is 1. The van der Waals surface area contributed by atoms with Crippen molar-refractivity contribution in [2.24, 2.45) is 0 Å². The number of aromatic nitrogens is 3. The summed E-state index contributed by atoms with van der Waals surface area (Å²) in [5.41, 5.74) is 4.11. The van der Waals surface area contributed by atoms with Crippen molar-refractivity contribution in [1.82, 2.24) is 19.9 Å². The molecule has 10 heteroatoms. The van der Waals surface area contributed by atoms with Gasteiger partial charge in [-0.3, -0.25) is 9.59 Å². The zero-order valence-corrected chi connectivity index (χ0v) is 25.0. The molecule has 9 nitrogen and oxygen atoms in total. The maximum atomic E-state index is 14.3. The molecule has 0 aliphatic carbocycles. The van der Waals surface area contributed by atoms with E-state index < -0.39 is 17.8 Å². The van der Waals surface area contributed by atoms with E-state index in [4.69, 9.17) is 9.47 Å². The topological polar surface area (TPSA) is 98.6 Å². The van der Waals surface area contributed by atoms with Crippen LogP contribution in [0.1, 0.15) is 42.5 Å². The maximum Gasteiger partial charge on any atom is 0.251 e. The number of halogens is 1. The highest BCUT2D eigenvalue weighted by molar-refractivity contribution is 5.99. The molecule has 1 atom stereocenters. The smallest absolute Gasteiger partial charge is 0.251 e. The number of rotatable bonds is 11. The van der Waals surface area contributed by atoms with Crippen molar-refractivity contribution < 1.29 is 23.5 Å². The van der Waals surface area contributed by atoms with Gasteiger partial charge in [0.1, 0.15) is 35.4 Å². The number of hydrogen-bond donors (Lipinski definition) is 1. The van der Waals surface area contributed by atoms with Gasteiger partial charge in [0.05, 0.1) is 25.4 Å². The average molecular weight is 596 g/mol. The minimum Gasteiger partial charge on any atom is -0.497 e. The van der Waals surface area contributed by atoms with Crippen LogP contribution in [-0.2, 0) is 22.7 Å². The molecular weight excluding hydrogens is 561 g/mol. The third-order valence-corrected chi connectivity index (χ3v) is 7.44. The lowest BCUT2D eigenvalue weighted by Gasteiger charge is -2.32. The molecule has 1 heterocycles. The number of fused-ring (bicyclic) bond motifs is 1. The molecule has 4 aromatic carbocycles. The molecule has 5 aromatic rings. The van der Waals surface area contributed by atoms with E-state index in [1.54, 1.807) is 37.4 Å². The van der Waals surface area contributed by atoms with E-state index in [0.29, 0.717) is 39.3 Å². The predicted molar refractivity (Wildman–Crippen MR) is 166 cm³/mol. The Labute approximate surface area is 255 Å². The monoisotopic (exact) mass is 595 g/mol. The molecule has 5 rings (SSSR count). The number of nitrogens with zero attached hydrogens (tertiary/aromatic N) is 4. The number of hydrogen-bond acceptors (Lipinski definition) is 6. The Kier molecular flexibility index (Phi) is 9.18. The summed E-state index contributed by atoms with van der Waals surface area (Å²) in [6.07, 6.45) is 0. The van der Waals surface area contributed by atoms with Crippen molar-refractivity contribution in [1.29, 1.82) is 0 Å². The minimum absolute atomic E-state index is 0.0372. The molecule has 0 aliphatic heterocycles. The van der Waals surface area contributed by atoms with Crippen molar-refractivity contribution in [2.75, 3.05) is 19.5 Å². The largest absolute Gasteiger partial charge is 0.497 e. The molecule has 0 bridgehead atoms. The third kappa shape index (κ3) is 6.70. The van der Waals surface area contributed by atoms with Crippen molar-refractivity contribution in [3.8, 4) is 11.5 Å². The van der Waals surface area contributed by atoms with E-state index in [0.717, 1.165) is 5.56 Å². The number of amides is 2. The van der Waals surface area contributed by atoms with Crippen molar-refractivity contribution in [3.63, 3.8) is 0 Å². The summed E-state index contributed by atoms with van der Waals surface area (Å²) in [7, 11) is 3.04. The van der Waals surface area contributed by atoms with Gasteiger partial charge < -0.3 is 19.7 Å². The first-order valence-electron chi connectivity index (χ1n) is 14.2. The quantitative estimate of drug-likeness (QED) is 0.198. The van der Waals surface area contributed by atoms with Gasteiger partial charge in [0.25, 0.3) is 5.91 Å². The van der Waals surface area contributed by atoms with Gasteiger partial charge in [0.2, 0.25) is 5.91 Å². The number of carbonyl (C=O) groups excluding carboxylic acids is 2. The van der Waals surface area contributed by atoms with E-state index in [9.17, 15) is 14.0 Å². The fourth-order valence-corrected chi connectivity index (χ4v) is 5.00. The van der Waals surface area contributed by atoms with Crippen molar-refractivity contribution >= 4 is 28.5 Å². The Morgan fingerprint density at radius 1 is 0.909 bits per heavy atom. The molecule has 1 aromatic heterocycles. The zero-order valence-electron chi connectivity index (χ0n) is 25.0. The highest BCUT2D eigenvalue weighted by Crippen LogP contribution is 2.32. The Balaban J connectivity index is 1.58. The molecule has 1 unspecified atom stereocenters. The van der Waals surface area contributed by atoms with Crippen LogP contribution >= 0.6 is 0 Å². The molecule has 1 N–H and O–H groups in total. The summed E-state index contributed by atoms with van der Waals surface area (Å²) in [4.78, 5) is 30.0. The first kappa shape index (κ1) is 30.2. The van der Waals surface area contributed by atoms with Gasteiger partial charge in [-0.05, 0) is 59.0 Å². The summed E-state index contributed by atoms with van der Waals surface area (Å²) >= 11 is 0. The SMILES string of the molecule is COc1ccc(NC(=O)C(c2ccc(C(C)C)cc2)N(Cc2ccc(F)cc2)C(=O)Cn2nnc3ccccc32)c(OC)c1. The standard InChI is InChI=1S/C34H34FN5O4/c1-22(2)24-11-13-25(14-12-24)33(34(42)36-29-18-17-27(43-3)19-31(29)44-4)39(20-23-9-15-26(35)16-10-23)32(41)21-40-30-8-6-5-7-28(30)37-38-40/h5-19,22,33H,20-21H2,1-4H3,(H,36,42). The fourth-order valence-electron chi connectivity index (χ4n) is 5.00. The molecule has 44 heavy (non-hydrogen) atoms. The lowest BCUT2D eigenvalue weighted by atomic mass is 9.97. The fraction of sp³-hybridized carbons (Fsp3) is 0.235. The van der Waals surface area contributed by atoms with Crippen LogP contribution in [0.2, 0.25) is 0 Å². The third-order valence-electron chi connectivity index (χ3n) is 7.44. The van der Waals surface area contributed by atoms with Crippen LogP contribution in [0.5, 0.6) is 11.5 Å². The minimum atomic E-state index is -1.06. The molecule has 2 amide bonds. The number of ether oxygens (including phenoxy) is 2. The van der Waals surface area contributed by atoms with E-state index >= 15 is 0 Å². The summed E-state index contributed by atoms with van der Waals surface area (Å²) in [6, 6.07) is 24.8. The Morgan fingerprint density at radius 2 is 1.61 bits per heavy atom. The average Bonchev–Trinajstić information content (AvgIpc) is 3.44. The molecule has 0 saturated heterocycles. The second kappa shape index (κ2) is 13.4.